The molecule has 1 aromatic carbocycles. The van der Waals surface area contributed by atoms with Gasteiger partial charge in [-0.2, -0.15) is 4.98 Å². The van der Waals surface area contributed by atoms with Gasteiger partial charge in [0, 0.05) is 5.39 Å². The van der Waals surface area contributed by atoms with Crippen LogP contribution >= 0.6 is 0 Å². The summed E-state index contributed by atoms with van der Waals surface area (Å²) in [6.45, 7) is 2.13. The van der Waals surface area contributed by atoms with Crippen molar-refractivity contribution < 1.29 is 8.94 Å². The van der Waals surface area contributed by atoms with Crippen LogP contribution in [0.2, 0.25) is 0 Å². The molecule has 0 saturated carbocycles. The van der Waals surface area contributed by atoms with E-state index in [2.05, 4.69) is 17.1 Å². The first kappa shape index (κ1) is 12.9. The van der Waals surface area contributed by atoms with Gasteiger partial charge in [-0.3, -0.25) is 0 Å². The molecule has 3 aromatic rings. The van der Waals surface area contributed by atoms with Crippen molar-refractivity contribution >= 4 is 11.0 Å². The van der Waals surface area contributed by atoms with Gasteiger partial charge in [0.25, 0.3) is 0 Å². The molecule has 2 N–H and O–H groups in total. The smallest absolute Gasteiger partial charge is 0.243 e. The van der Waals surface area contributed by atoms with E-state index in [1.807, 2.05) is 30.3 Å². The minimum atomic E-state index is -0.208. The molecule has 0 aliphatic heterocycles. The lowest BCUT2D eigenvalue weighted by Crippen LogP contribution is -2.10. The van der Waals surface area contributed by atoms with Crippen LogP contribution in [-0.2, 0) is 0 Å². The number of nitrogens with zero attached hydrogens (tertiary/aromatic N) is 2. The number of aromatic nitrogens is 2. The van der Waals surface area contributed by atoms with Crippen LogP contribution in [0.1, 0.15) is 38.1 Å². The number of benzene rings is 1. The highest BCUT2D eigenvalue weighted by molar-refractivity contribution is 5.81. The number of rotatable bonds is 5. The molecule has 5 heteroatoms. The predicted molar refractivity (Wildman–Crippen MR) is 76.0 cm³/mol. The summed E-state index contributed by atoms with van der Waals surface area (Å²) in [5.74, 6) is 1.51. The minimum absolute atomic E-state index is 0.208. The summed E-state index contributed by atoms with van der Waals surface area (Å²) in [5.41, 5.74) is 6.83. The Morgan fingerprint density at radius 3 is 2.95 bits per heavy atom. The van der Waals surface area contributed by atoms with E-state index in [4.69, 9.17) is 14.7 Å². The molecule has 2 heterocycles. The molecule has 0 aliphatic carbocycles. The number of furan rings is 1. The normalized spacial score (nSPS) is 12.9. The number of para-hydroxylation sites is 1. The molecule has 1 atom stereocenters. The molecule has 0 radical (unpaired) electrons. The molecule has 0 unspecified atom stereocenters. The van der Waals surface area contributed by atoms with Crippen LogP contribution in [-0.4, -0.2) is 10.1 Å². The summed E-state index contributed by atoms with van der Waals surface area (Å²) in [4.78, 5) is 4.33. The molecule has 0 bridgehead atoms. The second-order valence-electron chi connectivity index (χ2n) is 4.85. The van der Waals surface area contributed by atoms with Gasteiger partial charge in [-0.15, -0.1) is 0 Å². The van der Waals surface area contributed by atoms with E-state index in [0.717, 1.165) is 30.2 Å². The van der Waals surface area contributed by atoms with Gasteiger partial charge in [0.2, 0.25) is 11.7 Å². The zero-order chi connectivity index (χ0) is 13.9. The van der Waals surface area contributed by atoms with E-state index in [1.54, 1.807) is 0 Å². The van der Waals surface area contributed by atoms with Crippen molar-refractivity contribution in [2.45, 2.75) is 32.2 Å². The quantitative estimate of drug-likeness (QED) is 0.766. The van der Waals surface area contributed by atoms with Gasteiger partial charge in [0.1, 0.15) is 5.58 Å². The zero-order valence-electron chi connectivity index (χ0n) is 11.4. The third-order valence-electron chi connectivity index (χ3n) is 3.27. The molecule has 0 saturated heterocycles. The zero-order valence-corrected chi connectivity index (χ0v) is 11.4. The first-order valence-electron chi connectivity index (χ1n) is 6.86. The van der Waals surface area contributed by atoms with Crippen LogP contribution in [0.25, 0.3) is 22.6 Å². The van der Waals surface area contributed by atoms with Gasteiger partial charge in [-0.25, -0.2) is 0 Å². The first-order chi connectivity index (χ1) is 9.78. The second kappa shape index (κ2) is 5.46. The van der Waals surface area contributed by atoms with Gasteiger partial charge in [0.05, 0.1) is 6.04 Å². The fraction of sp³-hybridized carbons (Fsp3) is 0.333. The second-order valence-corrected chi connectivity index (χ2v) is 4.85. The molecule has 5 nitrogen and oxygen atoms in total. The molecule has 0 spiro atoms. The number of fused-ring (bicyclic) bond motifs is 1. The van der Waals surface area contributed by atoms with Crippen LogP contribution in [0.5, 0.6) is 0 Å². The van der Waals surface area contributed by atoms with Crippen LogP contribution in [0.4, 0.5) is 0 Å². The summed E-state index contributed by atoms with van der Waals surface area (Å²) in [6.07, 6.45) is 2.99. The van der Waals surface area contributed by atoms with E-state index in [9.17, 15) is 0 Å². The summed E-state index contributed by atoms with van der Waals surface area (Å²) in [7, 11) is 0. The maximum absolute atomic E-state index is 6.02. The Hall–Kier alpha value is -2.14. The minimum Gasteiger partial charge on any atom is -0.453 e. The monoisotopic (exact) mass is 271 g/mol. The average Bonchev–Trinajstić information content (AvgIpc) is 3.10. The predicted octanol–water partition coefficient (Wildman–Crippen LogP) is 3.67. The van der Waals surface area contributed by atoms with E-state index in [0.29, 0.717) is 17.5 Å². The number of hydrogen-bond acceptors (Lipinski definition) is 5. The SMILES string of the molecule is CCCC[C@H](N)c1nc(-c2cc3ccccc3o2)no1. The topological polar surface area (TPSA) is 78.1 Å². The van der Waals surface area contributed by atoms with Crippen LogP contribution in [0.15, 0.2) is 39.3 Å². The van der Waals surface area contributed by atoms with E-state index in [1.165, 1.54) is 0 Å². The van der Waals surface area contributed by atoms with Crippen LogP contribution in [0.3, 0.4) is 0 Å². The van der Waals surface area contributed by atoms with Crippen molar-refractivity contribution in [3.05, 3.63) is 36.2 Å². The molecular formula is C15H17N3O2. The average molecular weight is 271 g/mol. The van der Waals surface area contributed by atoms with Gasteiger partial charge in [-0.05, 0) is 18.6 Å². The number of nitrogens with two attached hydrogens (primary N) is 1. The lowest BCUT2D eigenvalue weighted by atomic mass is 10.1. The Labute approximate surface area is 116 Å². The molecule has 0 aliphatic rings. The maximum Gasteiger partial charge on any atom is 0.243 e. The standard InChI is InChI=1S/C15H17N3O2/c1-2-3-7-11(16)15-17-14(18-20-15)13-9-10-6-4-5-8-12(10)19-13/h4-6,8-9,11H,2-3,7,16H2,1H3/t11-/m0/s1. The van der Waals surface area contributed by atoms with Gasteiger partial charge < -0.3 is 14.7 Å². The fourth-order valence-electron chi connectivity index (χ4n) is 2.13. The molecule has 0 fully saturated rings. The molecule has 2 aromatic heterocycles. The van der Waals surface area contributed by atoms with Gasteiger partial charge in [-0.1, -0.05) is 43.1 Å². The number of hydrogen-bond donors (Lipinski definition) is 1. The largest absolute Gasteiger partial charge is 0.453 e. The van der Waals surface area contributed by atoms with Crippen LogP contribution < -0.4 is 5.73 Å². The Balaban J connectivity index is 1.85. The van der Waals surface area contributed by atoms with Gasteiger partial charge >= 0.3 is 0 Å². The lowest BCUT2D eigenvalue weighted by Gasteiger charge is -2.03. The van der Waals surface area contributed by atoms with Crippen molar-refractivity contribution in [3.63, 3.8) is 0 Å². The summed E-state index contributed by atoms with van der Waals surface area (Å²) in [5, 5.41) is 4.97. The summed E-state index contributed by atoms with van der Waals surface area (Å²) in [6, 6.07) is 9.48. The molecule has 0 amide bonds. The Kier molecular flexibility index (Phi) is 3.52. The van der Waals surface area contributed by atoms with Crippen molar-refractivity contribution in [1.82, 2.24) is 10.1 Å². The highest BCUT2D eigenvalue weighted by Crippen LogP contribution is 2.26. The van der Waals surface area contributed by atoms with E-state index in [-0.39, 0.29) is 6.04 Å². The van der Waals surface area contributed by atoms with Crippen molar-refractivity contribution in [1.29, 1.82) is 0 Å². The van der Waals surface area contributed by atoms with Crippen molar-refractivity contribution in [3.8, 4) is 11.6 Å². The summed E-state index contributed by atoms with van der Waals surface area (Å²) < 4.78 is 10.9. The Bertz CT molecular complexity index is 669. The number of unbranched alkanes of at least 4 members (excludes halogenated alkanes) is 1. The lowest BCUT2D eigenvalue weighted by molar-refractivity contribution is 0.346. The summed E-state index contributed by atoms with van der Waals surface area (Å²) >= 11 is 0. The van der Waals surface area contributed by atoms with E-state index < -0.39 is 0 Å². The fourth-order valence-corrected chi connectivity index (χ4v) is 2.13. The third-order valence-corrected chi connectivity index (χ3v) is 3.27. The van der Waals surface area contributed by atoms with Gasteiger partial charge in [0.15, 0.2) is 5.76 Å². The molecule has 20 heavy (non-hydrogen) atoms. The molecular weight excluding hydrogens is 254 g/mol. The van der Waals surface area contributed by atoms with E-state index >= 15 is 0 Å². The van der Waals surface area contributed by atoms with Crippen LogP contribution in [0, 0.1) is 0 Å². The molecule has 104 valence electrons. The first-order valence-corrected chi connectivity index (χ1v) is 6.86. The van der Waals surface area contributed by atoms with Crippen molar-refractivity contribution in [2.75, 3.05) is 0 Å². The Morgan fingerprint density at radius 2 is 2.15 bits per heavy atom. The maximum atomic E-state index is 6.02. The van der Waals surface area contributed by atoms with Crippen molar-refractivity contribution in [2.24, 2.45) is 5.73 Å². The highest BCUT2D eigenvalue weighted by atomic mass is 16.5. The Morgan fingerprint density at radius 1 is 1.30 bits per heavy atom. The highest BCUT2D eigenvalue weighted by Gasteiger charge is 2.17. The molecule has 3 rings (SSSR count). The third kappa shape index (κ3) is 2.44.